The largest absolute Gasteiger partial charge is 0.467 e. The summed E-state index contributed by atoms with van der Waals surface area (Å²) in [5, 5.41) is 0. The van der Waals surface area contributed by atoms with Gasteiger partial charge in [-0.05, 0) is 68.9 Å². The number of hydrogen-bond donors (Lipinski definition) is 0. The SMILES string of the molecule is COC(=O)[C@H]1Cc2ccccc2CN1C(=O)[C@H]1CC[C@@H](c2ccccc2)N1C(=O)[C@]1(C(C)=O)Cc2ccccc2N1C(C)(C)C. The van der Waals surface area contributed by atoms with Gasteiger partial charge in [0.15, 0.2) is 11.3 Å². The maximum Gasteiger partial charge on any atom is 0.328 e. The first kappa shape index (κ1) is 30.6. The van der Waals surface area contributed by atoms with Crippen LogP contribution in [-0.4, -0.2) is 63.6 Å². The number of hydrogen-bond acceptors (Lipinski definition) is 6. The van der Waals surface area contributed by atoms with Crippen molar-refractivity contribution in [3.05, 3.63) is 101 Å². The number of ether oxygens (including phenoxy) is 1. The van der Waals surface area contributed by atoms with E-state index in [0.717, 1.165) is 27.9 Å². The predicted molar refractivity (Wildman–Crippen MR) is 171 cm³/mol. The molecule has 1 saturated heterocycles. The van der Waals surface area contributed by atoms with Gasteiger partial charge in [-0.25, -0.2) is 4.79 Å². The Labute approximate surface area is 265 Å². The number of fused-ring (bicyclic) bond motifs is 2. The Morgan fingerprint density at radius 3 is 2.07 bits per heavy atom. The third-order valence-electron chi connectivity index (χ3n) is 9.76. The Kier molecular flexibility index (Phi) is 7.79. The smallest absolute Gasteiger partial charge is 0.328 e. The number of carbonyl (C=O) groups excluding carboxylic acids is 4. The third-order valence-corrected chi connectivity index (χ3v) is 9.76. The molecule has 1 fully saturated rings. The third kappa shape index (κ3) is 5.00. The van der Waals surface area contributed by atoms with E-state index in [1.54, 1.807) is 9.80 Å². The molecule has 0 spiro atoms. The maximum absolute atomic E-state index is 15.4. The van der Waals surface area contributed by atoms with Crippen LogP contribution in [0, 0.1) is 0 Å². The molecule has 4 atom stereocenters. The maximum atomic E-state index is 15.4. The Morgan fingerprint density at radius 1 is 0.800 bits per heavy atom. The zero-order valence-electron chi connectivity index (χ0n) is 26.7. The summed E-state index contributed by atoms with van der Waals surface area (Å²) in [6, 6.07) is 23.2. The van der Waals surface area contributed by atoms with E-state index in [9.17, 15) is 14.4 Å². The van der Waals surface area contributed by atoms with Gasteiger partial charge >= 0.3 is 5.97 Å². The Bertz CT molecular complexity index is 1650. The number of anilines is 1. The second-order valence-electron chi connectivity index (χ2n) is 13.4. The first-order valence-electron chi connectivity index (χ1n) is 15.7. The number of carbonyl (C=O) groups is 4. The molecular weight excluding hydrogens is 566 g/mol. The Hall–Kier alpha value is -4.46. The first-order valence-corrected chi connectivity index (χ1v) is 15.7. The molecule has 6 rings (SSSR count). The van der Waals surface area contributed by atoms with Crippen molar-refractivity contribution in [2.75, 3.05) is 12.0 Å². The molecule has 0 aromatic heterocycles. The average molecular weight is 608 g/mol. The average Bonchev–Trinajstić information content (AvgIpc) is 3.64. The van der Waals surface area contributed by atoms with Crippen molar-refractivity contribution >= 4 is 29.3 Å². The lowest BCUT2D eigenvalue weighted by atomic mass is 9.84. The van der Waals surface area contributed by atoms with Crippen LogP contribution in [0.2, 0.25) is 0 Å². The lowest BCUT2D eigenvalue weighted by Gasteiger charge is -2.48. The number of methoxy groups -OCH3 is 1. The molecule has 234 valence electrons. The van der Waals surface area contributed by atoms with Crippen LogP contribution in [0.3, 0.4) is 0 Å². The van der Waals surface area contributed by atoms with E-state index in [2.05, 4.69) is 0 Å². The predicted octanol–water partition coefficient (Wildman–Crippen LogP) is 5.03. The molecule has 45 heavy (non-hydrogen) atoms. The molecule has 0 N–H and O–H groups in total. The number of ketones is 1. The van der Waals surface area contributed by atoms with Crippen LogP contribution in [0.1, 0.15) is 68.8 Å². The Morgan fingerprint density at radius 2 is 1.42 bits per heavy atom. The van der Waals surface area contributed by atoms with Gasteiger partial charge < -0.3 is 19.4 Å². The van der Waals surface area contributed by atoms with Crippen LogP contribution in [0.4, 0.5) is 5.69 Å². The minimum absolute atomic E-state index is 0.218. The molecule has 0 bridgehead atoms. The first-order chi connectivity index (χ1) is 21.5. The van der Waals surface area contributed by atoms with Crippen LogP contribution in [-0.2, 0) is 43.3 Å². The summed E-state index contributed by atoms with van der Waals surface area (Å²) in [6.45, 7) is 7.75. The van der Waals surface area contributed by atoms with E-state index >= 15 is 4.79 Å². The highest BCUT2D eigenvalue weighted by atomic mass is 16.5. The highest BCUT2D eigenvalue weighted by molar-refractivity contribution is 6.16. The van der Waals surface area contributed by atoms with E-state index < -0.39 is 35.2 Å². The summed E-state index contributed by atoms with van der Waals surface area (Å²) in [7, 11) is 1.33. The molecule has 3 aliphatic heterocycles. The number of rotatable bonds is 5. The van der Waals surface area contributed by atoms with Gasteiger partial charge in [0.1, 0.15) is 12.1 Å². The molecule has 8 heteroatoms. The van der Waals surface area contributed by atoms with Gasteiger partial charge in [-0.1, -0.05) is 72.8 Å². The summed E-state index contributed by atoms with van der Waals surface area (Å²) < 4.78 is 5.16. The van der Waals surface area contributed by atoms with Crippen molar-refractivity contribution in [1.82, 2.24) is 9.80 Å². The topological polar surface area (TPSA) is 87.2 Å². The van der Waals surface area contributed by atoms with Crippen LogP contribution in [0.5, 0.6) is 0 Å². The van der Waals surface area contributed by atoms with E-state index in [0.29, 0.717) is 19.3 Å². The number of esters is 1. The van der Waals surface area contributed by atoms with Crippen molar-refractivity contribution in [3.8, 4) is 0 Å². The van der Waals surface area contributed by atoms with E-state index in [1.807, 2.05) is 105 Å². The van der Waals surface area contributed by atoms with Gasteiger partial charge in [0.25, 0.3) is 5.91 Å². The number of benzene rings is 3. The number of Topliss-reactive ketones (excluding diaryl/α,β-unsaturated/α-hetero) is 1. The van der Waals surface area contributed by atoms with Crippen LogP contribution < -0.4 is 4.90 Å². The van der Waals surface area contributed by atoms with Gasteiger partial charge in [0, 0.05) is 30.6 Å². The fourth-order valence-corrected chi connectivity index (χ4v) is 7.82. The highest BCUT2D eigenvalue weighted by Crippen LogP contribution is 2.48. The molecule has 0 aliphatic carbocycles. The number of para-hydroxylation sites is 1. The summed E-state index contributed by atoms with van der Waals surface area (Å²) >= 11 is 0. The zero-order chi connectivity index (χ0) is 32.1. The van der Waals surface area contributed by atoms with Crippen LogP contribution >= 0.6 is 0 Å². The quantitative estimate of drug-likeness (QED) is 0.299. The molecule has 8 nitrogen and oxygen atoms in total. The normalized spacial score (nSPS) is 24.2. The van der Waals surface area contributed by atoms with Crippen LogP contribution in [0.25, 0.3) is 0 Å². The minimum atomic E-state index is -1.53. The van der Waals surface area contributed by atoms with Crippen molar-refractivity contribution in [2.45, 2.75) is 89.1 Å². The van der Waals surface area contributed by atoms with Crippen molar-refractivity contribution < 1.29 is 23.9 Å². The second-order valence-corrected chi connectivity index (χ2v) is 13.4. The molecule has 3 aromatic carbocycles. The van der Waals surface area contributed by atoms with E-state index in [1.165, 1.54) is 14.0 Å². The van der Waals surface area contributed by atoms with Gasteiger partial charge in [-0.3, -0.25) is 14.4 Å². The molecule has 0 unspecified atom stereocenters. The van der Waals surface area contributed by atoms with Crippen molar-refractivity contribution in [1.29, 1.82) is 0 Å². The van der Waals surface area contributed by atoms with Crippen molar-refractivity contribution in [2.24, 2.45) is 0 Å². The minimum Gasteiger partial charge on any atom is -0.467 e. The standard InChI is InChI=1S/C37H41N3O5/c1-24(41)37(22-27-16-11-12-18-30(27)40(37)36(2,3)4)35(44)39-29(25-13-7-6-8-14-25)19-20-31(39)33(42)38-23-28-17-10-9-15-26(28)21-32(38)34(43)45-5/h6-18,29,31-32H,19-23H2,1-5H3/t29-,31+,32+,37+/m0/s1. The number of amides is 2. The zero-order valence-corrected chi connectivity index (χ0v) is 26.7. The van der Waals surface area contributed by atoms with Gasteiger partial charge in [0.2, 0.25) is 5.91 Å². The molecule has 2 amide bonds. The van der Waals surface area contributed by atoms with E-state index in [4.69, 9.17) is 4.74 Å². The Balaban J connectivity index is 1.47. The lowest BCUT2D eigenvalue weighted by molar-refractivity contribution is -0.159. The fraction of sp³-hybridized carbons (Fsp3) is 0.405. The molecule has 3 aliphatic rings. The number of nitrogens with zero attached hydrogens (tertiary/aromatic N) is 3. The molecule has 3 aromatic rings. The molecule has 0 radical (unpaired) electrons. The van der Waals surface area contributed by atoms with E-state index in [-0.39, 0.29) is 30.6 Å². The molecule has 0 saturated carbocycles. The van der Waals surface area contributed by atoms with Crippen molar-refractivity contribution in [3.63, 3.8) is 0 Å². The fourth-order valence-electron chi connectivity index (χ4n) is 7.82. The molecular formula is C37H41N3O5. The van der Waals surface area contributed by atoms with Gasteiger partial charge in [0.05, 0.1) is 13.2 Å². The summed E-state index contributed by atoms with van der Waals surface area (Å²) in [6.07, 6.45) is 1.51. The summed E-state index contributed by atoms with van der Waals surface area (Å²) in [4.78, 5) is 62.4. The van der Waals surface area contributed by atoms with Gasteiger partial charge in [-0.15, -0.1) is 0 Å². The molecule has 3 heterocycles. The second kappa shape index (κ2) is 11.5. The summed E-state index contributed by atoms with van der Waals surface area (Å²) in [5.74, 6) is -1.43. The lowest BCUT2D eigenvalue weighted by Crippen LogP contribution is -2.69. The number of likely N-dealkylation sites (tertiary alicyclic amines) is 1. The van der Waals surface area contributed by atoms with Crippen LogP contribution in [0.15, 0.2) is 78.9 Å². The van der Waals surface area contributed by atoms with Gasteiger partial charge in [-0.2, -0.15) is 0 Å². The monoisotopic (exact) mass is 607 g/mol. The highest BCUT2D eigenvalue weighted by Gasteiger charge is 2.61. The summed E-state index contributed by atoms with van der Waals surface area (Å²) in [5.41, 5.74) is 2.53.